The summed E-state index contributed by atoms with van der Waals surface area (Å²) >= 11 is 0. The fraction of sp³-hybridized carbons (Fsp3) is 0.562. The molecule has 6 nitrogen and oxygen atoms in total. The van der Waals surface area contributed by atoms with Gasteiger partial charge in [0.05, 0.1) is 10.5 Å². The largest absolute Gasteiger partial charge is 0.388 e. The quantitative estimate of drug-likeness (QED) is 0.733. The molecular weight excluding hydrogens is 316 g/mol. The molecule has 0 radical (unpaired) electrons. The van der Waals surface area contributed by atoms with E-state index < -0.39 is 21.5 Å². The van der Waals surface area contributed by atoms with Crippen LogP contribution in [0.5, 0.6) is 0 Å². The summed E-state index contributed by atoms with van der Waals surface area (Å²) in [5.74, 6) is 0. The van der Waals surface area contributed by atoms with Gasteiger partial charge in [-0.25, -0.2) is 13.2 Å². The molecule has 0 saturated heterocycles. The van der Waals surface area contributed by atoms with E-state index in [0.717, 1.165) is 31.9 Å². The van der Waals surface area contributed by atoms with Crippen LogP contribution in [0.4, 0.5) is 10.5 Å². The Bertz CT molecular complexity index is 633. The predicted molar refractivity (Wildman–Crippen MR) is 89.2 cm³/mol. The van der Waals surface area contributed by atoms with Crippen LogP contribution in [0.2, 0.25) is 0 Å². The Hall–Kier alpha value is -1.60. The highest BCUT2D eigenvalue weighted by atomic mass is 32.2. The number of sulfone groups is 1. The van der Waals surface area contributed by atoms with Crippen molar-refractivity contribution >= 4 is 21.6 Å². The third-order valence-electron chi connectivity index (χ3n) is 4.15. The normalized spacial score (nSPS) is 18.0. The number of aliphatic hydroxyl groups is 1. The van der Waals surface area contributed by atoms with Gasteiger partial charge < -0.3 is 15.7 Å². The Balaban J connectivity index is 1.87. The van der Waals surface area contributed by atoms with Crippen molar-refractivity contribution in [2.75, 3.05) is 18.1 Å². The van der Waals surface area contributed by atoms with Gasteiger partial charge in [0.1, 0.15) is 0 Å². The van der Waals surface area contributed by atoms with E-state index in [4.69, 9.17) is 0 Å². The van der Waals surface area contributed by atoms with Crippen LogP contribution >= 0.6 is 0 Å². The number of hydrogen-bond acceptors (Lipinski definition) is 4. The molecular formula is C16H24N2O4S. The van der Waals surface area contributed by atoms with Gasteiger partial charge in [0.25, 0.3) is 0 Å². The van der Waals surface area contributed by atoms with Crippen LogP contribution in [0.15, 0.2) is 29.2 Å². The molecule has 0 unspecified atom stereocenters. The molecule has 0 heterocycles. The van der Waals surface area contributed by atoms with Gasteiger partial charge in [-0.05, 0) is 37.1 Å². The molecule has 7 heteroatoms. The number of carbonyl (C=O) groups excluding carboxylic acids is 1. The minimum absolute atomic E-state index is 0.205. The monoisotopic (exact) mass is 340 g/mol. The van der Waals surface area contributed by atoms with E-state index in [1.165, 1.54) is 24.3 Å². The molecule has 1 aromatic rings. The lowest BCUT2D eigenvalue weighted by atomic mass is 9.95. The molecule has 0 atom stereocenters. The van der Waals surface area contributed by atoms with Crippen molar-refractivity contribution in [3.05, 3.63) is 24.3 Å². The lowest BCUT2D eigenvalue weighted by Gasteiger charge is -2.26. The number of rotatable bonds is 4. The van der Waals surface area contributed by atoms with E-state index in [2.05, 4.69) is 10.6 Å². The lowest BCUT2D eigenvalue weighted by Crippen LogP contribution is -2.44. The summed E-state index contributed by atoms with van der Waals surface area (Å²) in [6, 6.07) is 5.56. The minimum Gasteiger partial charge on any atom is -0.388 e. The highest BCUT2D eigenvalue weighted by Gasteiger charge is 2.28. The molecule has 0 spiro atoms. The predicted octanol–water partition coefficient (Wildman–Crippen LogP) is 2.30. The summed E-state index contributed by atoms with van der Waals surface area (Å²) in [6.45, 7) is 0.222. The highest BCUT2D eigenvalue weighted by molar-refractivity contribution is 7.90. The Kier molecular flexibility index (Phi) is 5.64. The molecule has 1 aliphatic carbocycles. The second-order valence-electron chi connectivity index (χ2n) is 6.24. The molecule has 23 heavy (non-hydrogen) atoms. The molecule has 0 aliphatic heterocycles. The van der Waals surface area contributed by atoms with Crippen molar-refractivity contribution in [3.8, 4) is 0 Å². The summed E-state index contributed by atoms with van der Waals surface area (Å²) < 4.78 is 22.8. The Labute approximate surface area is 137 Å². The molecule has 1 aliphatic rings. The highest BCUT2D eigenvalue weighted by Crippen LogP contribution is 2.26. The second kappa shape index (κ2) is 7.31. The maximum absolute atomic E-state index is 11.9. The number of amides is 2. The summed E-state index contributed by atoms with van der Waals surface area (Å²) in [5.41, 5.74) is -0.323. The molecule has 1 saturated carbocycles. The first-order valence-corrected chi connectivity index (χ1v) is 9.75. The van der Waals surface area contributed by atoms with Crippen LogP contribution in [0.1, 0.15) is 38.5 Å². The summed E-state index contributed by atoms with van der Waals surface area (Å²) in [4.78, 5) is 12.1. The van der Waals surface area contributed by atoms with Crippen LogP contribution in [0.3, 0.4) is 0 Å². The summed E-state index contributed by atoms with van der Waals surface area (Å²) in [6.07, 6.45) is 6.75. The third kappa shape index (κ3) is 5.51. The van der Waals surface area contributed by atoms with E-state index in [9.17, 15) is 18.3 Å². The number of nitrogens with one attached hydrogen (secondary N) is 2. The zero-order chi connectivity index (χ0) is 16.9. The van der Waals surface area contributed by atoms with Crippen molar-refractivity contribution < 1.29 is 18.3 Å². The number of urea groups is 1. The van der Waals surface area contributed by atoms with Crippen molar-refractivity contribution in [1.82, 2.24) is 5.32 Å². The molecule has 1 aromatic carbocycles. The van der Waals surface area contributed by atoms with Gasteiger partial charge >= 0.3 is 6.03 Å². The number of benzene rings is 1. The number of carbonyl (C=O) groups is 1. The first-order valence-electron chi connectivity index (χ1n) is 7.86. The van der Waals surface area contributed by atoms with Gasteiger partial charge in [0.2, 0.25) is 0 Å². The van der Waals surface area contributed by atoms with E-state index in [-0.39, 0.29) is 11.4 Å². The topological polar surface area (TPSA) is 95.5 Å². The first kappa shape index (κ1) is 17.7. The Morgan fingerprint density at radius 2 is 1.70 bits per heavy atom. The molecule has 3 N–H and O–H groups in total. The van der Waals surface area contributed by atoms with Gasteiger partial charge in [0, 0.05) is 18.5 Å². The molecule has 0 bridgehead atoms. The molecule has 2 rings (SSSR count). The van der Waals surface area contributed by atoms with Gasteiger partial charge in [0.15, 0.2) is 9.84 Å². The van der Waals surface area contributed by atoms with E-state index in [1.807, 2.05) is 0 Å². The number of hydrogen-bond donors (Lipinski definition) is 3. The summed E-state index contributed by atoms with van der Waals surface area (Å²) in [7, 11) is -3.25. The fourth-order valence-electron chi connectivity index (χ4n) is 2.77. The van der Waals surface area contributed by atoms with Crippen molar-refractivity contribution in [3.63, 3.8) is 0 Å². The lowest BCUT2D eigenvalue weighted by molar-refractivity contribution is 0.0281. The third-order valence-corrected chi connectivity index (χ3v) is 5.28. The fourth-order valence-corrected chi connectivity index (χ4v) is 3.40. The van der Waals surface area contributed by atoms with Crippen molar-refractivity contribution in [2.24, 2.45) is 0 Å². The SMILES string of the molecule is CS(=O)(=O)c1ccc(NC(=O)NCC2(O)CCCCCC2)cc1. The first-order chi connectivity index (χ1) is 10.8. The van der Waals surface area contributed by atoms with Crippen LogP contribution in [-0.4, -0.2) is 38.0 Å². The minimum atomic E-state index is -3.25. The molecule has 2 amide bonds. The van der Waals surface area contributed by atoms with Gasteiger partial charge in [-0.3, -0.25) is 0 Å². The van der Waals surface area contributed by atoms with Gasteiger partial charge in [-0.2, -0.15) is 0 Å². The molecule has 0 aromatic heterocycles. The van der Waals surface area contributed by atoms with Crippen LogP contribution in [-0.2, 0) is 9.84 Å². The average Bonchev–Trinajstić information content (AvgIpc) is 2.70. The van der Waals surface area contributed by atoms with Crippen LogP contribution in [0, 0.1) is 0 Å². The smallest absolute Gasteiger partial charge is 0.319 e. The second-order valence-corrected chi connectivity index (χ2v) is 8.26. The maximum atomic E-state index is 11.9. The summed E-state index contributed by atoms with van der Waals surface area (Å²) in [5, 5.41) is 15.8. The zero-order valence-corrected chi connectivity index (χ0v) is 14.2. The van der Waals surface area contributed by atoms with Crippen LogP contribution < -0.4 is 10.6 Å². The van der Waals surface area contributed by atoms with Crippen molar-refractivity contribution in [1.29, 1.82) is 0 Å². The maximum Gasteiger partial charge on any atom is 0.319 e. The van der Waals surface area contributed by atoms with Crippen LogP contribution in [0.25, 0.3) is 0 Å². The number of anilines is 1. The van der Waals surface area contributed by atoms with Gasteiger partial charge in [-0.15, -0.1) is 0 Å². The molecule has 1 fully saturated rings. The van der Waals surface area contributed by atoms with E-state index in [1.54, 1.807) is 0 Å². The van der Waals surface area contributed by atoms with E-state index >= 15 is 0 Å². The van der Waals surface area contributed by atoms with Gasteiger partial charge in [-0.1, -0.05) is 25.7 Å². The van der Waals surface area contributed by atoms with E-state index in [0.29, 0.717) is 18.5 Å². The Morgan fingerprint density at radius 1 is 1.13 bits per heavy atom. The standard InChI is InChI=1S/C16H24N2O4S/c1-23(21,22)14-8-6-13(7-9-14)18-15(19)17-12-16(20)10-4-2-3-5-11-16/h6-9,20H,2-5,10-12H2,1H3,(H2,17,18,19). The Morgan fingerprint density at radius 3 is 2.22 bits per heavy atom. The van der Waals surface area contributed by atoms with Crippen molar-refractivity contribution in [2.45, 2.75) is 49.0 Å². The average molecular weight is 340 g/mol. The molecule has 128 valence electrons. The zero-order valence-electron chi connectivity index (χ0n) is 13.3.